The first-order valence-electron chi connectivity index (χ1n) is 5.07. The molecule has 0 unspecified atom stereocenters. The zero-order valence-corrected chi connectivity index (χ0v) is 10.6. The largest absolute Gasteiger partial charge is 0.310 e. The first kappa shape index (κ1) is 11.1. The molecule has 0 atom stereocenters. The molecule has 0 N–H and O–H groups in total. The smallest absolute Gasteiger partial charge is 0.253 e. The molecular formula is C13H12BrNO. The van der Waals surface area contributed by atoms with Crippen LogP contribution in [0, 0.1) is 6.92 Å². The van der Waals surface area contributed by atoms with Crippen LogP contribution in [-0.2, 0) is 6.54 Å². The monoisotopic (exact) mass is 277 g/mol. The lowest BCUT2D eigenvalue weighted by Gasteiger charge is -2.07. The van der Waals surface area contributed by atoms with Gasteiger partial charge in [0.05, 0.1) is 6.54 Å². The van der Waals surface area contributed by atoms with Crippen molar-refractivity contribution in [1.82, 2.24) is 4.57 Å². The molecule has 2 rings (SSSR count). The van der Waals surface area contributed by atoms with Crippen molar-refractivity contribution in [1.29, 1.82) is 0 Å². The summed E-state index contributed by atoms with van der Waals surface area (Å²) in [5.41, 5.74) is 1.94. The third-order valence-electron chi connectivity index (χ3n) is 2.43. The number of halogens is 1. The highest BCUT2D eigenvalue weighted by Crippen LogP contribution is 2.09. The molecule has 1 heterocycles. The van der Waals surface area contributed by atoms with Gasteiger partial charge in [0.15, 0.2) is 0 Å². The lowest BCUT2D eigenvalue weighted by Crippen LogP contribution is -2.22. The summed E-state index contributed by atoms with van der Waals surface area (Å²) >= 11 is 3.40. The van der Waals surface area contributed by atoms with Gasteiger partial charge in [-0.15, -0.1) is 0 Å². The van der Waals surface area contributed by atoms with Crippen molar-refractivity contribution >= 4 is 15.9 Å². The summed E-state index contributed by atoms with van der Waals surface area (Å²) in [6, 6.07) is 11.8. The summed E-state index contributed by atoms with van der Waals surface area (Å²) in [7, 11) is 0. The van der Waals surface area contributed by atoms with Crippen molar-refractivity contribution in [2.24, 2.45) is 0 Å². The van der Waals surface area contributed by atoms with Gasteiger partial charge in [0.1, 0.15) is 0 Å². The fourth-order valence-electron chi connectivity index (χ4n) is 1.64. The molecule has 16 heavy (non-hydrogen) atoms. The van der Waals surface area contributed by atoms with Gasteiger partial charge in [0.25, 0.3) is 5.56 Å². The van der Waals surface area contributed by atoms with Gasteiger partial charge in [-0.1, -0.05) is 30.3 Å². The van der Waals surface area contributed by atoms with Gasteiger partial charge in [-0.2, -0.15) is 0 Å². The van der Waals surface area contributed by atoms with E-state index in [0.29, 0.717) is 6.54 Å². The van der Waals surface area contributed by atoms with Gasteiger partial charge in [0, 0.05) is 16.2 Å². The van der Waals surface area contributed by atoms with E-state index in [4.69, 9.17) is 0 Å². The molecule has 0 saturated heterocycles. The highest BCUT2D eigenvalue weighted by molar-refractivity contribution is 9.10. The van der Waals surface area contributed by atoms with Crippen LogP contribution in [0.2, 0.25) is 0 Å². The van der Waals surface area contributed by atoms with Crippen LogP contribution in [0.15, 0.2) is 51.9 Å². The van der Waals surface area contributed by atoms with E-state index in [-0.39, 0.29) is 5.56 Å². The average Bonchev–Trinajstić information content (AvgIpc) is 2.27. The molecule has 0 radical (unpaired) electrons. The second-order valence-electron chi connectivity index (χ2n) is 3.76. The second-order valence-corrected chi connectivity index (χ2v) is 4.68. The Morgan fingerprint density at radius 2 is 1.94 bits per heavy atom. The number of rotatable bonds is 2. The zero-order chi connectivity index (χ0) is 11.5. The Balaban J connectivity index is 2.39. The zero-order valence-electron chi connectivity index (χ0n) is 8.98. The molecule has 0 saturated carbocycles. The maximum absolute atomic E-state index is 11.9. The van der Waals surface area contributed by atoms with E-state index in [1.54, 1.807) is 4.57 Å². The number of benzene rings is 1. The predicted octanol–water partition coefficient (Wildman–Crippen LogP) is 2.97. The third kappa shape index (κ3) is 2.42. The van der Waals surface area contributed by atoms with Crippen LogP contribution in [0.5, 0.6) is 0 Å². The predicted molar refractivity (Wildman–Crippen MR) is 68.7 cm³/mol. The van der Waals surface area contributed by atoms with Crippen LogP contribution in [0.3, 0.4) is 0 Å². The van der Waals surface area contributed by atoms with Gasteiger partial charge in [-0.05, 0) is 34.5 Å². The number of aryl methyl sites for hydroxylation is 1. The molecule has 0 fully saturated rings. The number of hydrogen-bond donors (Lipinski definition) is 0. The minimum atomic E-state index is 0.0621. The molecule has 82 valence electrons. The Kier molecular flexibility index (Phi) is 3.25. The van der Waals surface area contributed by atoms with Crippen molar-refractivity contribution in [2.75, 3.05) is 0 Å². The van der Waals surface area contributed by atoms with Crippen LogP contribution >= 0.6 is 15.9 Å². The Labute approximate surface area is 103 Å². The summed E-state index contributed by atoms with van der Waals surface area (Å²) in [6.45, 7) is 2.44. The summed E-state index contributed by atoms with van der Waals surface area (Å²) < 4.78 is 2.65. The molecule has 0 spiro atoms. The van der Waals surface area contributed by atoms with Gasteiger partial charge < -0.3 is 4.57 Å². The Hall–Kier alpha value is -1.35. The number of nitrogens with zero attached hydrogens (tertiary/aromatic N) is 1. The van der Waals surface area contributed by atoms with Gasteiger partial charge in [0.2, 0.25) is 0 Å². The lowest BCUT2D eigenvalue weighted by molar-refractivity contribution is 0.749. The highest BCUT2D eigenvalue weighted by atomic mass is 79.9. The SMILES string of the molecule is Cc1cc(Br)cn(Cc2ccccc2)c1=O. The Morgan fingerprint density at radius 3 is 2.62 bits per heavy atom. The fourth-order valence-corrected chi connectivity index (χ4v) is 2.23. The van der Waals surface area contributed by atoms with E-state index in [9.17, 15) is 4.79 Å². The second kappa shape index (κ2) is 4.66. The molecule has 0 aliphatic heterocycles. The van der Waals surface area contributed by atoms with Crippen LogP contribution < -0.4 is 5.56 Å². The van der Waals surface area contributed by atoms with Crippen molar-refractivity contribution in [3.8, 4) is 0 Å². The average molecular weight is 278 g/mol. The molecule has 0 bridgehead atoms. The third-order valence-corrected chi connectivity index (χ3v) is 2.86. The lowest BCUT2D eigenvalue weighted by atomic mass is 10.2. The van der Waals surface area contributed by atoms with E-state index in [2.05, 4.69) is 15.9 Å². The summed E-state index contributed by atoms with van der Waals surface area (Å²) in [5.74, 6) is 0. The minimum absolute atomic E-state index is 0.0621. The molecule has 0 aliphatic rings. The molecular weight excluding hydrogens is 266 g/mol. The van der Waals surface area contributed by atoms with Crippen LogP contribution in [0.1, 0.15) is 11.1 Å². The fraction of sp³-hybridized carbons (Fsp3) is 0.154. The van der Waals surface area contributed by atoms with Gasteiger partial charge in [-0.3, -0.25) is 4.79 Å². The maximum atomic E-state index is 11.9. The van der Waals surface area contributed by atoms with Crippen LogP contribution in [0.25, 0.3) is 0 Å². The Morgan fingerprint density at radius 1 is 1.25 bits per heavy atom. The van der Waals surface area contributed by atoms with E-state index < -0.39 is 0 Å². The Bertz CT molecular complexity index is 546. The first-order chi connectivity index (χ1) is 7.66. The number of pyridine rings is 1. The molecule has 3 heteroatoms. The van der Waals surface area contributed by atoms with Crippen LogP contribution in [0.4, 0.5) is 0 Å². The molecule has 2 aromatic rings. The van der Waals surface area contributed by atoms with Gasteiger partial charge >= 0.3 is 0 Å². The summed E-state index contributed by atoms with van der Waals surface area (Å²) in [4.78, 5) is 11.9. The molecule has 1 aromatic heterocycles. The van der Waals surface area contributed by atoms with Crippen molar-refractivity contribution < 1.29 is 0 Å². The molecule has 0 aliphatic carbocycles. The number of aromatic nitrogens is 1. The number of hydrogen-bond acceptors (Lipinski definition) is 1. The molecule has 0 amide bonds. The molecule has 2 nitrogen and oxygen atoms in total. The minimum Gasteiger partial charge on any atom is -0.310 e. The first-order valence-corrected chi connectivity index (χ1v) is 5.86. The van der Waals surface area contributed by atoms with Crippen molar-refractivity contribution in [3.63, 3.8) is 0 Å². The van der Waals surface area contributed by atoms with Crippen molar-refractivity contribution in [2.45, 2.75) is 13.5 Å². The van der Waals surface area contributed by atoms with E-state index >= 15 is 0 Å². The summed E-state index contributed by atoms with van der Waals surface area (Å²) in [6.07, 6.45) is 1.82. The quantitative estimate of drug-likeness (QED) is 0.827. The normalized spacial score (nSPS) is 10.4. The van der Waals surface area contributed by atoms with E-state index in [1.165, 1.54) is 0 Å². The van der Waals surface area contributed by atoms with Gasteiger partial charge in [-0.25, -0.2) is 0 Å². The highest BCUT2D eigenvalue weighted by Gasteiger charge is 2.02. The van der Waals surface area contributed by atoms with Crippen LogP contribution in [-0.4, -0.2) is 4.57 Å². The molecule has 1 aromatic carbocycles. The van der Waals surface area contributed by atoms with E-state index in [0.717, 1.165) is 15.6 Å². The standard InChI is InChI=1S/C13H12BrNO/c1-10-7-12(14)9-15(13(10)16)8-11-5-3-2-4-6-11/h2-7,9H,8H2,1H3. The maximum Gasteiger partial charge on any atom is 0.253 e. The summed E-state index contributed by atoms with van der Waals surface area (Å²) in [5, 5.41) is 0. The van der Waals surface area contributed by atoms with Crippen molar-refractivity contribution in [3.05, 3.63) is 68.5 Å². The van der Waals surface area contributed by atoms with E-state index in [1.807, 2.05) is 49.5 Å². The topological polar surface area (TPSA) is 22.0 Å².